The molecule has 0 heterocycles. The molecule has 0 atom stereocenters. The molecule has 0 amide bonds. The summed E-state index contributed by atoms with van der Waals surface area (Å²) in [5.41, 5.74) is -0.118. The molecule has 0 radical (unpaired) electrons. The highest BCUT2D eigenvalue weighted by Crippen LogP contribution is 2.28. The lowest BCUT2D eigenvalue weighted by Crippen LogP contribution is -2.17. The van der Waals surface area contributed by atoms with Crippen LogP contribution < -0.4 is 0 Å². The SMILES string of the molecule is CCCCCCC(C(=O)O)=C(CC(C)(C)C)C(=O)O. The molecule has 4 nitrogen and oxygen atoms in total. The third kappa shape index (κ3) is 7.65. The van der Waals surface area contributed by atoms with E-state index in [-0.39, 0.29) is 23.0 Å². The van der Waals surface area contributed by atoms with Gasteiger partial charge in [0.15, 0.2) is 0 Å². The molecule has 0 aliphatic carbocycles. The first-order valence-corrected chi connectivity index (χ1v) is 6.87. The zero-order valence-corrected chi connectivity index (χ0v) is 12.5. The highest BCUT2D eigenvalue weighted by atomic mass is 16.4. The van der Waals surface area contributed by atoms with Crippen molar-refractivity contribution < 1.29 is 19.8 Å². The zero-order chi connectivity index (χ0) is 15.1. The molecule has 19 heavy (non-hydrogen) atoms. The largest absolute Gasteiger partial charge is 0.478 e. The predicted molar refractivity (Wildman–Crippen MR) is 75.1 cm³/mol. The maximum atomic E-state index is 11.3. The minimum atomic E-state index is -1.11. The number of hydrogen-bond acceptors (Lipinski definition) is 2. The van der Waals surface area contributed by atoms with Crippen molar-refractivity contribution in [1.29, 1.82) is 0 Å². The van der Waals surface area contributed by atoms with Crippen LogP contribution in [0.3, 0.4) is 0 Å². The standard InChI is InChI=1S/C15H26O4/c1-5-6-7-8-9-11(13(16)17)12(14(18)19)10-15(2,3)4/h5-10H2,1-4H3,(H,16,17)(H,18,19). The Hall–Kier alpha value is -1.32. The molecule has 2 N–H and O–H groups in total. The van der Waals surface area contributed by atoms with Crippen molar-refractivity contribution in [2.45, 2.75) is 66.2 Å². The summed E-state index contributed by atoms with van der Waals surface area (Å²) in [6.07, 6.45) is 4.41. The van der Waals surface area contributed by atoms with Crippen LogP contribution in [0.25, 0.3) is 0 Å². The summed E-state index contributed by atoms with van der Waals surface area (Å²) in [5, 5.41) is 18.5. The van der Waals surface area contributed by atoms with E-state index in [0.717, 1.165) is 25.7 Å². The van der Waals surface area contributed by atoms with Gasteiger partial charge in [0.2, 0.25) is 0 Å². The van der Waals surface area contributed by atoms with Crippen LogP contribution in [0.1, 0.15) is 66.2 Å². The lowest BCUT2D eigenvalue weighted by molar-refractivity contribution is -0.136. The van der Waals surface area contributed by atoms with Gasteiger partial charge in [-0.05, 0) is 24.7 Å². The van der Waals surface area contributed by atoms with Crippen molar-refractivity contribution in [3.8, 4) is 0 Å². The second-order valence-electron chi connectivity index (χ2n) is 6.12. The van der Waals surface area contributed by atoms with Gasteiger partial charge in [0.1, 0.15) is 0 Å². The van der Waals surface area contributed by atoms with Gasteiger partial charge in [-0.1, -0.05) is 47.0 Å². The van der Waals surface area contributed by atoms with Crippen LogP contribution in [0, 0.1) is 5.41 Å². The fourth-order valence-corrected chi connectivity index (χ4v) is 1.96. The molecule has 110 valence electrons. The molecule has 0 aromatic rings. The van der Waals surface area contributed by atoms with Gasteiger partial charge in [-0.25, -0.2) is 9.59 Å². The molecule has 0 aromatic carbocycles. The van der Waals surface area contributed by atoms with E-state index in [1.165, 1.54) is 0 Å². The Morgan fingerprint density at radius 2 is 1.42 bits per heavy atom. The summed E-state index contributed by atoms with van der Waals surface area (Å²) in [6.45, 7) is 7.81. The van der Waals surface area contributed by atoms with E-state index in [9.17, 15) is 19.8 Å². The van der Waals surface area contributed by atoms with E-state index >= 15 is 0 Å². The van der Waals surface area contributed by atoms with Crippen molar-refractivity contribution in [3.63, 3.8) is 0 Å². The maximum absolute atomic E-state index is 11.3. The van der Waals surface area contributed by atoms with Gasteiger partial charge in [0.05, 0.1) is 0 Å². The van der Waals surface area contributed by atoms with Crippen LogP contribution in [0.2, 0.25) is 0 Å². The molecule has 4 heteroatoms. The van der Waals surface area contributed by atoms with E-state index in [1.54, 1.807) is 0 Å². The van der Waals surface area contributed by atoms with Gasteiger partial charge in [0.25, 0.3) is 0 Å². The summed E-state index contributed by atoms with van der Waals surface area (Å²) in [5.74, 6) is -2.21. The quantitative estimate of drug-likeness (QED) is 0.519. The minimum absolute atomic E-state index is 0.0523. The Morgan fingerprint density at radius 3 is 1.79 bits per heavy atom. The second-order valence-corrected chi connectivity index (χ2v) is 6.12. The van der Waals surface area contributed by atoms with Crippen molar-refractivity contribution in [3.05, 3.63) is 11.1 Å². The lowest BCUT2D eigenvalue weighted by Gasteiger charge is -2.20. The third-order valence-corrected chi connectivity index (χ3v) is 2.87. The first-order valence-electron chi connectivity index (χ1n) is 6.87. The van der Waals surface area contributed by atoms with Crippen LogP contribution in [0.15, 0.2) is 11.1 Å². The van der Waals surface area contributed by atoms with Crippen LogP contribution in [0.5, 0.6) is 0 Å². The number of carboxylic acids is 2. The van der Waals surface area contributed by atoms with Crippen molar-refractivity contribution in [1.82, 2.24) is 0 Å². The zero-order valence-electron chi connectivity index (χ0n) is 12.5. The molecule has 0 saturated heterocycles. The Balaban J connectivity index is 5.05. The topological polar surface area (TPSA) is 74.6 Å². The van der Waals surface area contributed by atoms with Crippen LogP contribution in [-0.2, 0) is 9.59 Å². The first-order chi connectivity index (χ1) is 8.69. The molecule has 0 aliphatic rings. The fourth-order valence-electron chi connectivity index (χ4n) is 1.96. The smallest absolute Gasteiger partial charge is 0.332 e. The monoisotopic (exact) mass is 270 g/mol. The van der Waals surface area contributed by atoms with Crippen molar-refractivity contribution >= 4 is 11.9 Å². The van der Waals surface area contributed by atoms with Crippen molar-refractivity contribution in [2.75, 3.05) is 0 Å². The number of aliphatic carboxylic acids is 2. The van der Waals surface area contributed by atoms with Gasteiger partial charge in [-0.2, -0.15) is 0 Å². The first kappa shape index (κ1) is 17.7. The van der Waals surface area contributed by atoms with Crippen LogP contribution >= 0.6 is 0 Å². The van der Waals surface area contributed by atoms with E-state index in [0.29, 0.717) is 6.42 Å². The van der Waals surface area contributed by atoms with E-state index in [2.05, 4.69) is 6.92 Å². The highest BCUT2D eigenvalue weighted by molar-refractivity contribution is 5.98. The number of unbranched alkanes of at least 4 members (excludes halogenated alkanes) is 3. The van der Waals surface area contributed by atoms with Gasteiger partial charge in [0, 0.05) is 11.1 Å². The summed E-state index contributed by atoms with van der Waals surface area (Å²) in [6, 6.07) is 0. The number of carboxylic acid groups (broad SMARTS) is 2. The molecule has 0 rings (SSSR count). The maximum Gasteiger partial charge on any atom is 0.332 e. The highest BCUT2D eigenvalue weighted by Gasteiger charge is 2.24. The molecule has 0 saturated carbocycles. The molecule has 0 aromatic heterocycles. The fraction of sp³-hybridized carbons (Fsp3) is 0.733. The number of hydrogen-bond donors (Lipinski definition) is 2. The summed E-state index contributed by atoms with van der Waals surface area (Å²) in [4.78, 5) is 22.6. The Labute approximate surface area is 115 Å². The molecular weight excluding hydrogens is 244 g/mol. The summed E-state index contributed by atoms with van der Waals surface area (Å²) in [7, 11) is 0. The van der Waals surface area contributed by atoms with Crippen molar-refractivity contribution in [2.24, 2.45) is 5.41 Å². The van der Waals surface area contributed by atoms with Crippen LogP contribution in [-0.4, -0.2) is 22.2 Å². The average Bonchev–Trinajstić information content (AvgIpc) is 2.24. The molecule has 0 spiro atoms. The summed E-state index contributed by atoms with van der Waals surface area (Å²) < 4.78 is 0. The second kappa shape index (κ2) is 7.97. The van der Waals surface area contributed by atoms with Gasteiger partial charge in [-0.3, -0.25) is 0 Å². The van der Waals surface area contributed by atoms with E-state index in [4.69, 9.17) is 0 Å². The molecule has 0 aliphatic heterocycles. The lowest BCUT2D eigenvalue weighted by atomic mass is 9.85. The molecule has 0 bridgehead atoms. The Kier molecular flexibility index (Phi) is 7.42. The molecule has 0 unspecified atom stereocenters. The molecule has 0 fully saturated rings. The Bertz CT molecular complexity index is 348. The van der Waals surface area contributed by atoms with Gasteiger partial charge in [-0.15, -0.1) is 0 Å². The minimum Gasteiger partial charge on any atom is -0.478 e. The van der Waals surface area contributed by atoms with Gasteiger partial charge < -0.3 is 10.2 Å². The van der Waals surface area contributed by atoms with E-state index < -0.39 is 11.9 Å². The van der Waals surface area contributed by atoms with E-state index in [1.807, 2.05) is 20.8 Å². The van der Waals surface area contributed by atoms with Crippen LogP contribution in [0.4, 0.5) is 0 Å². The number of rotatable bonds is 8. The molecular formula is C15H26O4. The average molecular weight is 270 g/mol. The normalized spacial score (nSPS) is 13.1. The Morgan fingerprint density at radius 1 is 0.895 bits per heavy atom. The summed E-state index contributed by atoms with van der Waals surface area (Å²) >= 11 is 0. The predicted octanol–water partition coefficient (Wildman–Crippen LogP) is 3.86. The van der Waals surface area contributed by atoms with Gasteiger partial charge >= 0.3 is 11.9 Å². The third-order valence-electron chi connectivity index (χ3n) is 2.87. The number of carbonyl (C=O) groups is 2.